The number of nitriles is 1. The Labute approximate surface area is 109 Å². The van der Waals surface area contributed by atoms with E-state index in [0.29, 0.717) is 0 Å². The lowest BCUT2D eigenvalue weighted by atomic mass is 9.95. The summed E-state index contributed by atoms with van der Waals surface area (Å²) in [5.74, 6) is 0. The van der Waals surface area contributed by atoms with Gasteiger partial charge in [0.25, 0.3) is 0 Å². The minimum absolute atomic E-state index is 0.141. The maximum atomic E-state index is 9.21. The predicted octanol–water partition coefficient (Wildman–Crippen LogP) is 4.46. The zero-order valence-electron chi connectivity index (χ0n) is 11.5. The van der Waals surface area contributed by atoms with E-state index < -0.39 is 14.4 Å². The fourth-order valence-corrected chi connectivity index (χ4v) is 3.41. The summed E-state index contributed by atoms with van der Waals surface area (Å²) in [5, 5.41) is 9.21. The normalized spacial score (nSPS) is 14.4. The van der Waals surface area contributed by atoms with Crippen LogP contribution < -0.4 is 0 Å². The first kappa shape index (κ1) is 14.4. The molecule has 2 nitrogen and oxygen atoms in total. The lowest BCUT2D eigenvalue weighted by molar-refractivity contribution is 0.259. The zero-order valence-corrected chi connectivity index (χ0v) is 13.3. The summed E-state index contributed by atoms with van der Waals surface area (Å²) >= 11 is 1.69. The molecular formula is C13H21NOSSi. The maximum absolute atomic E-state index is 9.21. The van der Waals surface area contributed by atoms with Crippen molar-refractivity contribution in [3.63, 3.8) is 0 Å². The first-order chi connectivity index (χ1) is 7.63. The molecule has 0 amide bonds. The topological polar surface area (TPSA) is 33.0 Å². The van der Waals surface area contributed by atoms with Gasteiger partial charge in [0.15, 0.2) is 14.4 Å². The van der Waals surface area contributed by atoms with E-state index in [9.17, 15) is 5.26 Å². The summed E-state index contributed by atoms with van der Waals surface area (Å²) in [4.78, 5) is 2.33. The van der Waals surface area contributed by atoms with E-state index in [-0.39, 0.29) is 5.41 Å². The molecule has 1 aromatic heterocycles. The molecule has 0 aliphatic rings. The minimum Gasteiger partial charge on any atom is -0.398 e. The number of rotatable bonds is 3. The van der Waals surface area contributed by atoms with Crippen LogP contribution in [0.2, 0.25) is 19.6 Å². The van der Waals surface area contributed by atoms with Crippen molar-refractivity contribution in [2.45, 2.75) is 51.9 Å². The fourth-order valence-electron chi connectivity index (χ4n) is 1.40. The highest BCUT2D eigenvalue weighted by atomic mass is 32.1. The van der Waals surface area contributed by atoms with Crippen LogP contribution in [0, 0.1) is 11.3 Å². The van der Waals surface area contributed by atoms with Gasteiger partial charge in [-0.15, -0.1) is 11.3 Å². The maximum Gasteiger partial charge on any atom is 0.186 e. The first-order valence-electron chi connectivity index (χ1n) is 5.81. The Kier molecular flexibility index (Phi) is 4.18. The zero-order chi connectivity index (χ0) is 13.3. The molecule has 0 aliphatic heterocycles. The van der Waals surface area contributed by atoms with E-state index in [0.717, 1.165) is 4.88 Å². The summed E-state index contributed by atoms with van der Waals surface area (Å²) in [6, 6.07) is 6.40. The van der Waals surface area contributed by atoms with Gasteiger partial charge < -0.3 is 4.43 Å². The van der Waals surface area contributed by atoms with Gasteiger partial charge in [-0.3, -0.25) is 0 Å². The van der Waals surface area contributed by atoms with E-state index in [1.54, 1.807) is 11.3 Å². The second-order valence-corrected chi connectivity index (χ2v) is 11.8. The van der Waals surface area contributed by atoms with Crippen LogP contribution in [-0.4, -0.2) is 8.32 Å². The summed E-state index contributed by atoms with van der Waals surface area (Å²) in [7, 11) is -1.68. The minimum atomic E-state index is -1.68. The van der Waals surface area contributed by atoms with E-state index in [1.807, 2.05) is 6.07 Å². The van der Waals surface area contributed by atoms with E-state index in [4.69, 9.17) is 4.43 Å². The molecule has 94 valence electrons. The predicted molar refractivity (Wildman–Crippen MR) is 75.8 cm³/mol. The van der Waals surface area contributed by atoms with Crippen molar-refractivity contribution in [2.75, 3.05) is 0 Å². The third-order valence-corrected chi connectivity index (χ3v) is 4.71. The monoisotopic (exact) mass is 267 g/mol. The molecule has 0 saturated carbocycles. The average Bonchev–Trinajstić information content (AvgIpc) is 2.60. The quantitative estimate of drug-likeness (QED) is 0.757. The molecule has 1 aromatic rings. The van der Waals surface area contributed by atoms with Crippen LogP contribution >= 0.6 is 11.3 Å². The SMILES string of the molecule is CC(C)(C)c1ccc(C(C#N)O[Si](C)(C)C)s1. The molecular weight excluding hydrogens is 246 g/mol. The molecule has 4 heteroatoms. The van der Waals surface area contributed by atoms with Crippen LogP contribution in [0.4, 0.5) is 0 Å². The number of hydrogen-bond donors (Lipinski definition) is 0. The molecule has 1 heterocycles. The van der Waals surface area contributed by atoms with Gasteiger partial charge in [0, 0.05) is 9.75 Å². The third kappa shape index (κ3) is 4.27. The van der Waals surface area contributed by atoms with Crippen molar-refractivity contribution in [2.24, 2.45) is 0 Å². The number of nitrogens with zero attached hydrogens (tertiary/aromatic N) is 1. The van der Waals surface area contributed by atoms with Gasteiger partial charge in [-0.2, -0.15) is 5.26 Å². The molecule has 0 saturated heterocycles. The Bertz CT molecular complexity index is 420. The molecule has 1 rings (SSSR count). The summed E-state index contributed by atoms with van der Waals surface area (Å²) in [5.41, 5.74) is 0.141. The van der Waals surface area contributed by atoms with Gasteiger partial charge in [0.1, 0.15) is 0 Å². The Balaban J connectivity index is 2.92. The van der Waals surface area contributed by atoms with Gasteiger partial charge >= 0.3 is 0 Å². The molecule has 0 N–H and O–H groups in total. The first-order valence-corrected chi connectivity index (χ1v) is 10.0. The molecule has 17 heavy (non-hydrogen) atoms. The van der Waals surface area contributed by atoms with E-state index >= 15 is 0 Å². The Hall–Kier alpha value is -0.633. The highest BCUT2D eigenvalue weighted by Gasteiger charge is 2.25. The molecule has 0 radical (unpaired) electrons. The Morgan fingerprint density at radius 3 is 2.24 bits per heavy atom. The molecule has 0 aromatic carbocycles. The van der Waals surface area contributed by atoms with Crippen LogP contribution in [0.15, 0.2) is 12.1 Å². The fraction of sp³-hybridized carbons (Fsp3) is 0.615. The highest BCUT2D eigenvalue weighted by molar-refractivity contribution is 7.12. The van der Waals surface area contributed by atoms with Crippen molar-refractivity contribution < 1.29 is 4.43 Å². The summed E-state index contributed by atoms with van der Waals surface area (Å²) in [6.07, 6.45) is -0.400. The van der Waals surface area contributed by atoms with Crippen LogP contribution in [0.25, 0.3) is 0 Å². The standard InChI is InChI=1S/C13H21NOSSi/c1-13(2,3)12-8-7-11(16-12)10(9-14)15-17(4,5)6/h7-8,10H,1-6H3. The second-order valence-electron chi connectivity index (χ2n) is 6.19. The summed E-state index contributed by atoms with van der Waals surface area (Å²) in [6.45, 7) is 12.9. The molecule has 1 unspecified atom stereocenters. The van der Waals surface area contributed by atoms with Gasteiger partial charge in [-0.1, -0.05) is 20.8 Å². The van der Waals surface area contributed by atoms with Crippen LogP contribution in [-0.2, 0) is 9.84 Å². The Morgan fingerprint density at radius 1 is 1.29 bits per heavy atom. The van der Waals surface area contributed by atoms with Crippen LogP contribution in [0.3, 0.4) is 0 Å². The number of hydrogen-bond acceptors (Lipinski definition) is 3. The molecule has 1 atom stereocenters. The third-order valence-electron chi connectivity index (χ3n) is 2.21. The van der Waals surface area contributed by atoms with E-state index in [1.165, 1.54) is 4.88 Å². The second kappa shape index (κ2) is 4.93. The van der Waals surface area contributed by atoms with Crippen molar-refractivity contribution >= 4 is 19.7 Å². The molecule has 0 bridgehead atoms. The van der Waals surface area contributed by atoms with Crippen LogP contribution in [0.5, 0.6) is 0 Å². The van der Waals surface area contributed by atoms with Crippen molar-refractivity contribution in [1.29, 1.82) is 5.26 Å². The van der Waals surface area contributed by atoms with E-state index in [2.05, 4.69) is 52.5 Å². The molecule has 0 spiro atoms. The van der Waals surface area contributed by atoms with Gasteiger partial charge in [0.05, 0.1) is 6.07 Å². The largest absolute Gasteiger partial charge is 0.398 e. The smallest absolute Gasteiger partial charge is 0.186 e. The lowest BCUT2D eigenvalue weighted by Gasteiger charge is -2.21. The highest BCUT2D eigenvalue weighted by Crippen LogP contribution is 2.34. The van der Waals surface area contributed by atoms with Gasteiger partial charge in [-0.25, -0.2) is 0 Å². The molecule has 0 aliphatic carbocycles. The average molecular weight is 267 g/mol. The van der Waals surface area contributed by atoms with Crippen molar-refractivity contribution in [3.8, 4) is 6.07 Å². The number of thiophene rings is 1. The van der Waals surface area contributed by atoms with Gasteiger partial charge in [0.2, 0.25) is 0 Å². The Morgan fingerprint density at radius 2 is 1.88 bits per heavy atom. The lowest BCUT2D eigenvalue weighted by Crippen LogP contribution is -2.27. The van der Waals surface area contributed by atoms with Gasteiger partial charge in [-0.05, 0) is 37.2 Å². The van der Waals surface area contributed by atoms with Crippen molar-refractivity contribution in [1.82, 2.24) is 0 Å². The van der Waals surface area contributed by atoms with Crippen molar-refractivity contribution in [3.05, 3.63) is 21.9 Å². The summed E-state index contributed by atoms with van der Waals surface area (Å²) < 4.78 is 5.89. The molecule has 0 fully saturated rings. The van der Waals surface area contributed by atoms with Crippen LogP contribution in [0.1, 0.15) is 36.6 Å².